The summed E-state index contributed by atoms with van der Waals surface area (Å²) in [6.45, 7) is 23.7. The first-order chi connectivity index (χ1) is 34.4. The molecular weight excluding hydrogens is 933 g/mol. The highest BCUT2D eigenvalue weighted by Crippen LogP contribution is 2.22. The van der Waals surface area contributed by atoms with Crippen molar-refractivity contribution in [2.24, 2.45) is 16.8 Å². The van der Waals surface area contributed by atoms with E-state index in [2.05, 4.69) is 72.3 Å². The van der Waals surface area contributed by atoms with E-state index in [1.54, 1.807) is 44.6 Å². The molecule has 1 aromatic heterocycles. The van der Waals surface area contributed by atoms with Gasteiger partial charge in [0.1, 0.15) is 23.5 Å². The Balaban J connectivity index is 0.000000756. The number of hydrogen-bond acceptors (Lipinski definition) is 12. The molecule has 1 aromatic carbocycles. The number of nitrogens with zero attached hydrogens (tertiary/aromatic N) is 4. The molecule has 0 radical (unpaired) electrons. The minimum Gasteiger partial charge on any atom is -0.501 e. The maximum absolute atomic E-state index is 13.1. The number of nitrogens with one attached hydrogen (secondary N) is 4. The molecule has 4 amide bonds. The minimum atomic E-state index is -1.14. The predicted molar refractivity (Wildman–Crippen MR) is 295 cm³/mol. The van der Waals surface area contributed by atoms with E-state index in [1.807, 2.05) is 95.4 Å². The van der Waals surface area contributed by atoms with Crippen LogP contribution in [0, 0.1) is 11.8 Å². The lowest BCUT2D eigenvalue weighted by atomic mass is 9.95. The number of carboxylic acids is 1. The molecule has 400 valence electrons. The lowest BCUT2D eigenvalue weighted by Gasteiger charge is -2.27. The number of aliphatic imine (C=N–C) groups is 1. The van der Waals surface area contributed by atoms with Gasteiger partial charge in [-0.1, -0.05) is 78.7 Å². The number of thiazole rings is 1. The third kappa shape index (κ3) is 22.5. The van der Waals surface area contributed by atoms with Gasteiger partial charge in [0.05, 0.1) is 44.3 Å². The highest BCUT2D eigenvalue weighted by Gasteiger charge is 2.37. The third-order valence-electron chi connectivity index (χ3n) is 11.3. The number of allylic oxidation sites excluding steroid dienone is 4. The maximum atomic E-state index is 13.1. The molecule has 0 saturated carbocycles. The van der Waals surface area contributed by atoms with E-state index in [-0.39, 0.29) is 24.3 Å². The van der Waals surface area contributed by atoms with Crippen LogP contribution in [-0.2, 0) is 23.9 Å². The summed E-state index contributed by atoms with van der Waals surface area (Å²) in [6.07, 6.45) is 18.4. The summed E-state index contributed by atoms with van der Waals surface area (Å²) in [4.78, 5) is 76.7. The van der Waals surface area contributed by atoms with E-state index in [4.69, 9.17) is 14.5 Å². The summed E-state index contributed by atoms with van der Waals surface area (Å²) in [5.74, 6) is -1.24. The zero-order valence-corrected chi connectivity index (χ0v) is 46.2. The molecule has 17 heteroatoms. The minimum absolute atomic E-state index is 0.0194. The van der Waals surface area contributed by atoms with Gasteiger partial charge in [-0.05, 0) is 82.7 Å². The molecule has 2 aliphatic heterocycles. The van der Waals surface area contributed by atoms with Gasteiger partial charge in [-0.25, -0.2) is 14.6 Å². The zero-order chi connectivity index (χ0) is 54.3. The first-order valence-corrected chi connectivity index (χ1v) is 26.1. The number of carbonyl (C=O) groups is 5. The van der Waals surface area contributed by atoms with Crippen molar-refractivity contribution >= 4 is 57.5 Å². The highest BCUT2D eigenvalue weighted by atomic mass is 32.1. The number of rotatable bonds is 21. The van der Waals surface area contributed by atoms with E-state index in [1.165, 1.54) is 4.90 Å². The van der Waals surface area contributed by atoms with Crippen molar-refractivity contribution in [1.82, 2.24) is 25.8 Å². The number of unbranched alkanes of at least 4 members (excludes halogenated alkanes) is 3. The van der Waals surface area contributed by atoms with Gasteiger partial charge in [-0.3, -0.25) is 19.4 Å². The van der Waals surface area contributed by atoms with Crippen LogP contribution in [0.15, 0.2) is 95.8 Å². The smallest absolute Gasteiger partial charge is 0.326 e. The van der Waals surface area contributed by atoms with Crippen LogP contribution in [0.25, 0.3) is 0 Å². The number of urea groups is 1. The number of ketones is 1. The third-order valence-corrected chi connectivity index (χ3v) is 12.0. The second-order valence-corrected chi connectivity index (χ2v) is 18.7. The Morgan fingerprint density at radius 3 is 2.15 bits per heavy atom. The molecule has 4 rings (SSSR count). The van der Waals surface area contributed by atoms with E-state index >= 15 is 0 Å². The summed E-state index contributed by atoms with van der Waals surface area (Å²) < 4.78 is 11.0. The molecule has 72 heavy (non-hydrogen) atoms. The van der Waals surface area contributed by atoms with E-state index in [0.717, 1.165) is 65.8 Å². The van der Waals surface area contributed by atoms with Gasteiger partial charge < -0.3 is 45.6 Å². The Morgan fingerprint density at radius 2 is 1.58 bits per heavy atom. The molecule has 1 saturated heterocycles. The van der Waals surface area contributed by atoms with Crippen LogP contribution >= 0.6 is 11.3 Å². The number of ether oxygens (including phenoxy) is 2. The molecule has 4 unspecified atom stereocenters. The molecule has 0 aliphatic carbocycles. The molecule has 3 heterocycles. The Hall–Kier alpha value is -6.23. The average molecular weight is 1020 g/mol. The zero-order valence-electron chi connectivity index (χ0n) is 45.4. The average Bonchev–Trinajstić information content (AvgIpc) is 4.05. The maximum Gasteiger partial charge on any atom is 0.326 e. The van der Waals surface area contributed by atoms with Gasteiger partial charge in [0, 0.05) is 68.1 Å². The Kier molecular flexibility index (Phi) is 31.0. The van der Waals surface area contributed by atoms with E-state index < -0.39 is 47.9 Å². The second kappa shape index (κ2) is 35.0. The number of anilines is 2. The fourth-order valence-corrected chi connectivity index (χ4v) is 8.26. The van der Waals surface area contributed by atoms with Crippen molar-refractivity contribution in [1.29, 1.82) is 0 Å². The van der Waals surface area contributed by atoms with E-state index in [0.29, 0.717) is 37.4 Å². The lowest BCUT2D eigenvalue weighted by Crippen LogP contribution is -2.54. The van der Waals surface area contributed by atoms with Crippen LogP contribution in [-0.4, -0.2) is 122 Å². The number of likely N-dealkylation sites (tertiary alicyclic amines) is 1. The van der Waals surface area contributed by atoms with Gasteiger partial charge >= 0.3 is 12.0 Å². The van der Waals surface area contributed by atoms with Crippen molar-refractivity contribution in [3.8, 4) is 0 Å². The van der Waals surface area contributed by atoms with Crippen molar-refractivity contribution in [3.05, 3.63) is 102 Å². The van der Waals surface area contributed by atoms with Crippen molar-refractivity contribution in [3.63, 3.8) is 0 Å². The Bertz CT molecular complexity index is 2130. The van der Waals surface area contributed by atoms with Crippen LogP contribution < -0.4 is 26.2 Å². The molecule has 2 aromatic rings. The van der Waals surface area contributed by atoms with Gasteiger partial charge in [0.15, 0.2) is 10.9 Å². The standard InChI is InChI=1S/C32H49N5O6.C19H27N3O2S.C2H6.C2H4/c1-7-8-9-10-11-13-22(4)28(31(41)42)34-30(40)25-14-12-19-37(25)26(38)20-33-32(43)35-27(21(2)3)29(39)23-15-17-24(18-16-23)36(5)6;1-13(2)20-19-22-18(12-25-19)17-11-16(24-5)9-7-6-8-15(23-4)10-14(3)21-17;2*1-2/h11,13,15-18,21-22,25,27-28H,7-10,12,14,19-20H2,1-6H3,(H,34,40)(H,41,42)(H2,33,35,43);6-7,10-14H,8-9H2,1-5H3,(H,20,22);1-2H3;1-2H2/b13-11-;7-6-,15-10+,16-11+,21-17?;;/t22?,25-,27?,28?;;;/m0.../s1. The fraction of sp³-hybridized carbons (Fsp3) is 0.545. The number of benzene rings is 1. The highest BCUT2D eigenvalue weighted by molar-refractivity contribution is 7.13. The van der Waals surface area contributed by atoms with Crippen molar-refractivity contribution in [2.75, 3.05) is 51.6 Å². The van der Waals surface area contributed by atoms with E-state index in [9.17, 15) is 29.1 Å². The number of methoxy groups -OCH3 is 2. The molecule has 0 spiro atoms. The van der Waals surface area contributed by atoms with Crippen molar-refractivity contribution < 1.29 is 38.6 Å². The number of carbonyl (C=O) groups excluding carboxylic acids is 4. The van der Waals surface area contributed by atoms with Crippen LogP contribution in [0.4, 0.5) is 15.6 Å². The van der Waals surface area contributed by atoms with Crippen LogP contribution in [0.5, 0.6) is 0 Å². The van der Waals surface area contributed by atoms with Gasteiger partial charge in [-0.2, -0.15) is 0 Å². The lowest BCUT2D eigenvalue weighted by molar-refractivity contribution is -0.144. The number of aliphatic carboxylic acids is 1. The number of aromatic nitrogens is 1. The molecule has 0 bridgehead atoms. The quantitative estimate of drug-likeness (QED) is 0.0452. The van der Waals surface area contributed by atoms with Crippen LogP contribution in [0.1, 0.15) is 130 Å². The molecular formula is C55H86N8O8S. The Morgan fingerprint density at radius 1 is 0.944 bits per heavy atom. The van der Waals surface area contributed by atoms with Gasteiger partial charge in [-0.15, -0.1) is 24.5 Å². The van der Waals surface area contributed by atoms with Crippen LogP contribution in [0.2, 0.25) is 0 Å². The normalized spacial score (nSPS) is 18.7. The number of hydrogen-bond donors (Lipinski definition) is 5. The summed E-state index contributed by atoms with van der Waals surface area (Å²) in [5.41, 5.74) is 3.08. The topological polar surface area (TPSA) is 204 Å². The molecule has 1 fully saturated rings. The first kappa shape index (κ1) is 63.8. The first-order valence-electron chi connectivity index (χ1n) is 25.2. The fourth-order valence-electron chi connectivity index (χ4n) is 7.41. The molecule has 5 atom stereocenters. The Labute approximate surface area is 434 Å². The number of Topliss-reactive ketones (excluding diaryl/α,β-unsaturated/α-hetero) is 1. The summed E-state index contributed by atoms with van der Waals surface area (Å²) >= 11 is 1.58. The van der Waals surface area contributed by atoms with Gasteiger partial charge in [0.2, 0.25) is 11.8 Å². The summed E-state index contributed by atoms with van der Waals surface area (Å²) in [6, 6.07) is 3.99. The summed E-state index contributed by atoms with van der Waals surface area (Å²) in [7, 11) is 7.19. The number of amides is 4. The molecule has 16 nitrogen and oxygen atoms in total. The SMILES string of the molecule is C=C.CC.CCCCC/C=C\C(C)C(NC(=O)[C@@H]1CCCN1C(=O)CNC(=O)NC(C(=O)c1ccc(N(C)C)cc1)C(C)C)C(=O)O.CO/C1=C/C(c2csc(NC(C)C)n2)=NC(C)/C=C(/OC)C/C=C\C1. The molecule has 5 N–H and O–H groups in total. The number of carboxylic acid groups (broad SMARTS) is 1. The van der Waals surface area contributed by atoms with Crippen LogP contribution in [0.3, 0.4) is 0 Å². The predicted octanol–water partition coefficient (Wildman–Crippen LogP) is 9.97. The summed E-state index contributed by atoms with van der Waals surface area (Å²) in [5, 5.41) is 23.8. The van der Waals surface area contributed by atoms with Gasteiger partial charge in [0.25, 0.3) is 0 Å². The largest absolute Gasteiger partial charge is 0.501 e. The van der Waals surface area contributed by atoms with Crippen molar-refractivity contribution in [2.45, 2.75) is 144 Å². The monoisotopic (exact) mass is 1020 g/mol. The second-order valence-electron chi connectivity index (χ2n) is 17.8. The molecule has 2 aliphatic rings.